The van der Waals surface area contributed by atoms with E-state index in [1.54, 1.807) is 24.3 Å². The summed E-state index contributed by atoms with van der Waals surface area (Å²) in [4.78, 5) is 26.8. The number of rotatable bonds is 9. The molecule has 2 rings (SSSR count). The molecule has 1 N–H and O–H groups in total. The third kappa shape index (κ3) is 6.37. The second-order valence-electron chi connectivity index (χ2n) is 6.64. The summed E-state index contributed by atoms with van der Waals surface area (Å²) in [5, 5.41) is 2.79. The van der Waals surface area contributed by atoms with Crippen LogP contribution in [0.1, 0.15) is 42.6 Å². The number of anilines is 1. The Morgan fingerprint density at radius 2 is 1.79 bits per heavy atom. The lowest BCUT2D eigenvalue weighted by Gasteiger charge is -2.21. The van der Waals surface area contributed by atoms with Gasteiger partial charge in [0, 0.05) is 24.3 Å². The summed E-state index contributed by atoms with van der Waals surface area (Å²) in [6.07, 6.45) is 1.82. The van der Waals surface area contributed by atoms with Crippen molar-refractivity contribution in [1.82, 2.24) is 4.90 Å². The van der Waals surface area contributed by atoms with Crippen LogP contribution >= 0.6 is 15.9 Å². The van der Waals surface area contributed by atoms with Gasteiger partial charge < -0.3 is 15.0 Å². The molecule has 2 amide bonds. The van der Waals surface area contributed by atoms with E-state index in [0.717, 1.165) is 36.0 Å². The van der Waals surface area contributed by atoms with Crippen molar-refractivity contribution in [3.8, 4) is 5.75 Å². The third-order valence-corrected chi connectivity index (χ3v) is 4.73. The molecule has 2 aromatic carbocycles. The minimum absolute atomic E-state index is 0.0142. The first-order chi connectivity index (χ1) is 13.4. The zero-order valence-electron chi connectivity index (χ0n) is 16.6. The van der Waals surface area contributed by atoms with E-state index in [1.165, 1.54) is 0 Å². The molecule has 0 unspecified atom stereocenters. The Balaban J connectivity index is 1.99. The van der Waals surface area contributed by atoms with E-state index in [-0.39, 0.29) is 18.4 Å². The number of amides is 2. The maximum Gasteiger partial charge on any atom is 0.262 e. The summed E-state index contributed by atoms with van der Waals surface area (Å²) >= 11 is 3.43. The fourth-order valence-corrected chi connectivity index (χ4v) is 3.44. The molecular weight excluding hydrogens is 420 g/mol. The molecule has 0 saturated heterocycles. The summed E-state index contributed by atoms with van der Waals surface area (Å²) < 4.78 is 6.38. The van der Waals surface area contributed by atoms with Crippen molar-refractivity contribution in [2.45, 2.75) is 33.6 Å². The van der Waals surface area contributed by atoms with Gasteiger partial charge in [-0.2, -0.15) is 0 Å². The normalized spacial score (nSPS) is 10.4. The first kappa shape index (κ1) is 22.0. The van der Waals surface area contributed by atoms with Crippen molar-refractivity contribution >= 4 is 33.4 Å². The third-order valence-electron chi connectivity index (χ3n) is 4.11. The Morgan fingerprint density at radius 3 is 2.43 bits per heavy atom. The lowest BCUT2D eigenvalue weighted by atomic mass is 10.1. The quantitative estimate of drug-likeness (QED) is 0.586. The van der Waals surface area contributed by atoms with E-state index in [4.69, 9.17) is 4.74 Å². The van der Waals surface area contributed by atoms with Crippen LogP contribution in [0.5, 0.6) is 5.75 Å². The SMILES string of the molecule is CCCN(CCC)C(=O)c1cccc(NC(=O)COc2ccc(C)cc2Br)c1. The van der Waals surface area contributed by atoms with Crippen LogP contribution in [0, 0.1) is 6.92 Å². The Kier molecular flexibility index (Phi) is 8.51. The molecule has 5 nitrogen and oxygen atoms in total. The molecule has 0 atom stereocenters. The lowest BCUT2D eigenvalue weighted by molar-refractivity contribution is -0.118. The molecule has 0 radical (unpaired) electrons. The van der Waals surface area contributed by atoms with E-state index in [0.29, 0.717) is 17.0 Å². The topological polar surface area (TPSA) is 58.6 Å². The summed E-state index contributed by atoms with van der Waals surface area (Å²) in [5.41, 5.74) is 2.25. The van der Waals surface area contributed by atoms with Gasteiger partial charge in [-0.05, 0) is 71.6 Å². The molecule has 0 aliphatic carbocycles. The number of nitrogens with zero attached hydrogens (tertiary/aromatic N) is 1. The molecule has 150 valence electrons. The van der Waals surface area contributed by atoms with E-state index in [9.17, 15) is 9.59 Å². The average Bonchev–Trinajstić information content (AvgIpc) is 2.67. The molecule has 28 heavy (non-hydrogen) atoms. The van der Waals surface area contributed by atoms with Crippen molar-refractivity contribution < 1.29 is 14.3 Å². The van der Waals surface area contributed by atoms with Crippen LogP contribution in [-0.4, -0.2) is 36.4 Å². The van der Waals surface area contributed by atoms with Crippen LogP contribution in [-0.2, 0) is 4.79 Å². The van der Waals surface area contributed by atoms with Gasteiger partial charge in [-0.1, -0.05) is 26.0 Å². The van der Waals surface area contributed by atoms with Crippen LogP contribution in [0.15, 0.2) is 46.9 Å². The highest BCUT2D eigenvalue weighted by Crippen LogP contribution is 2.25. The van der Waals surface area contributed by atoms with Crippen LogP contribution in [0.4, 0.5) is 5.69 Å². The second-order valence-corrected chi connectivity index (χ2v) is 7.50. The molecule has 0 spiro atoms. The first-order valence-electron chi connectivity index (χ1n) is 9.52. The zero-order chi connectivity index (χ0) is 20.5. The standard InChI is InChI=1S/C22H27BrN2O3/c1-4-11-25(12-5-2)22(27)17-7-6-8-18(14-17)24-21(26)15-28-20-10-9-16(3)13-19(20)23/h6-10,13-14H,4-5,11-12,15H2,1-3H3,(H,24,26). The number of ether oxygens (including phenoxy) is 1. The highest BCUT2D eigenvalue weighted by molar-refractivity contribution is 9.10. The molecular formula is C22H27BrN2O3. The fourth-order valence-electron chi connectivity index (χ4n) is 2.83. The van der Waals surface area contributed by atoms with Gasteiger partial charge >= 0.3 is 0 Å². The Bertz CT molecular complexity index is 817. The van der Waals surface area contributed by atoms with Crippen LogP contribution in [0.25, 0.3) is 0 Å². The minimum Gasteiger partial charge on any atom is -0.483 e. The number of nitrogens with one attached hydrogen (secondary N) is 1. The lowest BCUT2D eigenvalue weighted by Crippen LogP contribution is -2.32. The van der Waals surface area contributed by atoms with Gasteiger partial charge in [0.25, 0.3) is 11.8 Å². The molecule has 2 aromatic rings. The maximum absolute atomic E-state index is 12.7. The molecule has 0 bridgehead atoms. The zero-order valence-corrected chi connectivity index (χ0v) is 18.2. The fraction of sp³-hybridized carbons (Fsp3) is 0.364. The van der Waals surface area contributed by atoms with E-state index in [1.807, 2.05) is 30.0 Å². The predicted octanol–water partition coefficient (Wildman–Crippen LogP) is 5.04. The van der Waals surface area contributed by atoms with E-state index in [2.05, 4.69) is 35.1 Å². The van der Waals surface area contributed by atoms with Gasteiger partial charge in [0.15, 0.2) is 6.61 Å². The molecule has 0 aliphatic rings. The van der Waals surface area contributed by atoms with Crippen LogP contribution in [0.2, 0.25) is 0 Å². The summed E-state index contributed by atoms with van der Waals surface area (Å²) in [7, 11) is 0. The van der Waals surface area contributed by atoms with Crippen molar-refractivity contribution in [2.75, 3.05) is 25.0 Å². The van der Waals surface area contributed by atoms with Gasteiger partial charge in [-0.15, -0.1) is 0 Å². The van der Waals surface area contributed by atoms with Crippen molar-refractivity contribution in [3.63, 3.8) is 0 Å². The number of benzene rings is 2. The summed E-state index contributed by atoms with van der Waals surface area (Å²) in [5.74, 6) is 0.315. The van der Waals surface area contributed by atoms with Crippen molar-refractivity contribution in [1.29, 1.82) is 0 Å². The van der Waals surface area contributed by atoms with Gasteiger partial charge in [-0.25, -0.2) is 0 Å². The van der Waals surface area contributed by atoms with E-state index >= 15 is 0 Å². The number of hydrogen-bond acceptors (Lipinski definition) is 3. The molecule has 0 fully saturated rings. The molecule has 0 aliphatic heterocycles. The Hall–Kier alpha value is -2.34. The van der Waals surface area contributed by atoms with Crippen molar-refractivity contribution in [2.24, 2.45) is 0 Å². The number of hydrogen-bond donors (Lipinski definition) is 1. The largest absolute Gasteiger partial charge is 0.483 e. The van der Waals surface area contributed by atoms with Crippen molar-refractivity contribution in [3.05, 3.63) is 58.1 Å². The smallest absolute Gasteiger partial charge is 0.262 e. The molecule has 0 saturated carbocycles. The van der Waals surface area contributed by atoms with E-state index < -0.39 is 0 Å². The van der Waals surface area contributed by atoms with Gasteiger partial charge in [-0.3, -0.25) is 9.59 Å². The Morgan fingerprint density at radius 1 is 1.07 bits per heavy atom. The monoisotopic (exact) mass is 446 g/mol. The predicted molar refractivity (Wildman–Crippen MR) is 116 cm³/mol. The van der Waals surface area contributed by atoms with Crippen LogP contribution < -0.4 is 10.1 Å². The number of halogens is 1. The Labute approximate surface area is 175 Å². The average molecular weight is 447 g/mol. The van der Waals surface area contributed by atoms with Crippen LogP contribution in [0.3, 0.4) is 0 Å². The number of carbonyl (C=O) groups excluding carboxylic acids is 2. The van der Waals surface area contributed by atoms with Gasteiger partial charge in [0.1, 0.15) is 5.75 Å². The molecule has 6 heteroatoms. The molecule has 0 heterocycles. The summed E-state index contributed by atoms with van der Waals surface area (Å²) in [6, 6.07) is 12.7. The number of carbonyl (C=O) groups is 2. The van der Waals surface area contributed by atoms with Gasteiger partial charge in [0.2, 0.25) is 0 Å². The second kappa shape index (κ2) is 10.9. The highest BCUT2D eigenvalue weighted by atomic mass is 79.9. The molecule has 0 aromatic heterocycles. The van der Waals surface area contributed by atoms with Gasteiger partial charge in [0.05, 0.1) is 4.47 Å². The number of aryl methyl sites for hydroxylation is 1. The first-order valence-corrected chi connectivity index (χ1v) is 10.3. The summed E-state index contributed by atoms with van der Waals surface area (Å²) in [6.45, 7) is 7.43. The minimum atomic E-state index is -0.281. The highest BCUT2D eigenvalue weighted by Gasteiger charge is 2.15. The maximum atomic E-state index is 12.7.